The molecule has 4 saturated heterocycles. The molecule has 17 nitrogen and oxygen atoms in total. The van der Waals surface area contributed by atoms with E-state index in [0.717, 1.165) is 57.3 Å². The van der Waals surface area contributed by atoms with Crippen molar-refractivity contribution in [3.05, 3.63) is 104 Å². The van der Waals surface area contributed by atoms with E-state index in [0.29, 0.717) is 88.3 Å². The highest BCUT2D eigenvalue weighted by Gasteiger charge is 2.40. The number of alkyl halides is 4. The lowest BCUT2D eigenvalue weighted by Crippen LogP contribution is -2.41. The van der Waals surface area contributed by atoms with Gasteiger partial charge in [-0.25, -0.2) is 53.7 Å². The lowest BCUT2D eigenvalue weighted by atomic mass is 9.94. The molecule has 2 saturated carbocycles. The van der Waals surface area contributed by atoms with Crippen molar-refractivity contribution in [2.75, 3.05) is 107 Å². The van der Waals surface area contributed by atoms with E-state index < -0.39 is 49.1 Å². The van der Waals surface area contributed by atoms with Crippen LogP contribution in [0.3, 0.4) is 0 Å². The number of rotatable bonds is 17. The number of ether oxygens (including phenoxy) is 3. The lowest BCUT2D eigenvalue weighted by Gasteiger charge is -2.34. The number of morpholine rings is 2. The van der Waals surface area contributed by atoms with Gasteiger partial charge in [0.15, 0.2) is 19.7 Å². The number of aromatic amines is 1. The first-order valence-corrected chi connectivity index (χ1v) is 35.5. The van der Waals surface area contributed by atoms with Gasteiger partial charge in [0.1, 0.15) is 28.3 Å². The van der Waals surface area contributed by atoms with E-state index >= 15 is 0 Å². The molecule has 27 heteroatoms. The number of halogens is 8. The molecule has 4 aliphatic heterocycles. The average Bonchev–Trinajstić information content (AvgIpc) is 1.53. The Hall–Kier alpha value is -4.98. The summed E-state index contributed by atoms with van der Waals surface area (Å²) in [7, 11) is -6.82. The van der Waals surface area contributed by atoms with Gasteiger partial charge in [-0.2, -0.15) is 0 Å². The number of imidazole rings is 2. The molecule has 2 unspecified atom stereocenters. The molecule has 6 fully saturated rings. The Balaban J connectivity index is 0.000000188. The topological polar surface area (TPSA) is 190 Å². The van der Waals surface area contributed by atoms with E-state index in [-0.39, 0.29) is 125 Å². The van der Waals surface area contributed by atoms with Crippen LogP contribution in [-0.4, -0.2) is 172 Å². The standard InChI is InChI=1S/C34H40Cl2F2N4O6S.C29H34Cl2F2N4O3S/c1-33(2,3)48-32(44)42-30-26(19-25(35)29(28(30)36)41-12-10-34(37,38)11-13-41)39-31(42)24(18-27(43)40-14-16-47-17-15-40)22-6-8-23(9-7-22)49(45,46)20-21-4-5-21;30-23-17-24-26(25(31)27(23)37-11-8-29(32,33)9-12-37)35-28(34-24)22(7-10-36-13-15-40-16-14-36)20-3-5-21(6-4-20)41(38,39)18-19-1-2-19/h6-9,19,21,24H,4-5,10-18,20H2,1-3H3;3-6,17,19,22H,1-2,7-16,18H2,(H,34,35). The first kappa shape index (κ1) is 66.5. The molecular formula is C63H74Cl4F4N8O9S2. The van der Waals surface area contributed by atoms with Crippen LogP contribution in [0.5, 0.6) is 0 Å². The Bertz CT molecular complexity index is 3830. The first-order valence-electron chi connectivity index (χ1n) is 30.7. The number of anilines is 2. The minimum Gasteiger partial charge on any atom is -0.443 e. The normalized spacial score (nSPS) is 20.0. The summed E-state index contributed by atoms with van der Waals surface area (Å²) in [6.07, 6.45) is 2.30. The molecule has 90 heavy (non-hydrogen) atoms. The Morgan fingerprint density at radius 3 is 1.64 bits per heavy atom. The van der Waals surface area contributed by atoms with Crippen molar-refractivity contribution >= 4 is 112 Å². The number of carbonyl (C=O) groups is 2. The number of fused-ring (bicyclic) bond motifs is 2. The molecule has 488 valence electrons. The van der Waals surface area contributed by atoms with E-state index in [4.69, 9.17) is 70.6 Å². The van der Waals surface area contributed by atoms with Crippen molar-refractivity contribution in [3.63, 3.8) is 0 Å². The predicted octanol–water partition coefficient (Wildman–Crippen LogP) is 13.1. The molecule has 2 atom stereocenters. The van der Waals surface area contributed by atoms with Crippen molar-refractivity contribution < 1.29 is 58.2 Å². The van der Waals surface area contributed by atoms with Gasteiger partial charge in [-0.3, -0.25) is 9.69 Å². The summed E-state index contributed by atoms with van der Waals surface area (Å²) in [5.41, 5.74) is 3.01. The number of aromatic nitrogens is 4. The van der Waals surface area contributed by atoms with Gasteiger partial charge >= 0.3 is 6.09 Å². The summed E-state index contributed by atoms with van der Waals surface area (Å²) < 4.78 is 126. The fourth-order valence-corrected chi connectivity index (χ4v) is 17.0. The number of hydrogen-bond donors (Lipinski definition) is 1. The van der Waals surface area contributed by atoms with Crippen LogP contribution in [0.1, 0.15) is 120 Å². The van der Waals surface area contributed by atoms with Gasteiger partial charge in [0, 0.05) is 90.4 Å². The van der Waals surface area contributed by atoms with Crippen molar-refractivity contribution in [1.29, 1.82) is 0 Å². The summed E-state index contributed by atoms with van der Waals surface area (Å²) in [4.78, 5) is 49.0. The van der Waals surface area contributed by atoms with E-state index in [9.17, 15) is 44.0 Å². The van der Waals surface area contributed by atoms with E-state index in [1.165, 1.54) is 22.8 Å². The number of nitrogens with one attached hydrogen (secondary N) is 1. The van der Waals surface area contributed by atoms with Gasteiger partial charge in [0.05, 0.1) is 96.1 Å². The summed E-state index contributed by atoms with van der Waals surface area (Å²) in [6, 6.07) is 16.8. The summed E-state index contributed by atoms with van der Waals surface area (Å²) in [5, 5.41) is 0.943. The van der Waals surface area contributed by atoms with Crippen LogP contribution in [0.4, 0.5) is 33.7 Å². The molecule has 1 amide bonds. The maximum Gasteiger partial charge on any atom is 0.420 e. The molecule has 2 aromatic heterocycles. The smallest absolute Gasteiger partial charge is 0.420 e. The fraction of sp³-hybridized carbons (Fsp3) is 0.556. The van der Waals surface area contributed by atoms with Crippen LogP contribution in [-0.2, 0) is 38.7 Å². The zero-order valence-electron chi connectivity index (χ0n) is 50.4. The summed E-state index contributed by atoms with van der Waals surface area (Å²) in [5.74, 6) is -5.14. The van der Waals surface area contributed by atoms with E-state index in [1.54, 1.807) is 60.9 Å². The molecule has 0 spiro atoms. The Morgan fingerprint density at radius 2 is 1.14 bits per heavy atom. The first-order chi connectivity index (χ1) is 42.6. The van der Waals surface area contributed by atoms with Crippen LogP contribution in [0.15, 0.2) is 70.5 Å². The number of hydrogen-bond acceptors (Lipinski definition) is 14. The molecule has 6 aromatic rings. The van der Waals surface area contributed by atoms with E-state index in [2.05, 4.69) is 9.88 Å². The van der Waals surface area contributed by atoms with Crippen LogP contribution >= 0.6 is 46.4 Å². The number of nitrogens with zero attached hydrogens (tertiary/aromatic N) is 7. The van der Waals surface area contributed by atoms with Gasteiger partial charge in [0.2, 0.25) is 5.91 Å². The molecule has 1 N–H and O–H groups in total. The number of amides is 1. The number of piperidine rings is 2. The maximum atomic E-state index is 14.1. The molecular weight excluding hydrogens is 1290 g/mol. The highest BCUT2D eigenvalue weighted by molar-refractivity contribution is 7.91. The highest BCUT2D eigenvalue weighted by atomic mass is 35.5. The maximum absolute atomic E-state index is 14.1. The third kappa shape index (κ3) is 15.6. The largest absolute Gasteiger partial charge is 0.443 e. The molecule has 2 aliphatic carbocycles. The van der Waals surface area contributed by atoms with Crippen molar-refractivity contribution in [1.82, 2.24) is 29.3 Å². The second-order valence-corrected chi connectivity index (χ2v) is 31.2. The Morgan fingerprint density at radius 1 is 0.667 bits per heavy atom. The predicted molar refractivity (Wildman–Crippen MR) is 340 cm³/mol. The third-order valence-electron chi connectivity index (χ3n) is 17.5. The second-order valence-electron chi connectivity index (χ2n) is 25.5. The van der Waals surface area contributed by atoms with Gasteiger partial charge in [-0.05, 0) is 119 Å². The van der Waals surface area contributed by atoms with E-state index in [1.807, 2.05) is 17.0 Å². The second kappa shape index (κ2) is 26.8. The van der Waals surface area contributed by atoms with Crippen molar-refractivity contribution in [3.8, 4) is 0 Å². The zero-order valence-corrected chi connectivity index (χ0v) is 55.1. The van der Waals surface area contributed by atoms with Crippen molar-refractivity contribution in [2.24, 2.45) is 11.8 Å². The van der Waals surface area contributed by atoms with Gasteiger partial charge in [0.25, 0.3) is 11.8 Å². The summed E-state index contributed by atoms with van der Waals surface area (Å²) in [6.45, 7) is 10.9. The number of carbonyl (C=O) groups excluding carboxylic acids is 2. The number of benzene rings is 4. The van der Waals surface area contributed by atoms with Gasteiger partial charge in [-0.1, -0.05) is 70.7 Å². The van der Waals surface area contributed by atoms with Crippen molar-refractivity contribution in [2.45, 2.75) is 124 Å². The SMILES string of the molecule is CC(C)(C)OC(=O)n1c(C(CC(=O)N2CCOCC2)c2ccc(S(=O)(=O)CC3CC3)cc2)nc2cc(Cl)c(N3CCC(F)(F)CC3)c(Cl)c21.O=S(=O)(CC1CC1)c1ccc(C(CCN2CCOCC2)c2nc3c(Cl)c(N4CCC(F)(F)CC4)c(Cl)cc3[nH]2)cc1. The summed E-state index contributed by atoms with van der Waals surface area (Å²) >= 11 is 27.3. The molecule has 6 aliphatic rings. The van der Waals surface area contributed by atoms with Gasteiger partial charge < -0.3 is 33.9 Å². The number of H-pyrrole nitrogens is 1. The van der Waals surface area contributed by atoms with Crippen LogP contribution in [0, 0.1) is 11.8 Å². The fourth-order valence-electron chi connectivity index (χ4n) is 12.1. The molecule has 0 bridgehead atoms. The molecule has 12 rings (SSSR count). The Kier molecular flexibility index (Phi) is 19.8. The van der Waals surface area contributed by atoms with Crippen LogP contribution in [0.2, 0.25) is 20.1 Å². The molecule has 6 heterocycles. The zero-order chi connectivity index (χ0) is 64.1. The minimum absolute atomic E-state index is 0.00193. The quantitative estimate of drug-likeness (QED) is 0.0849. The Labute approximate surface area is 541 Å². The lowest BCUT2D eigenvalue weighted by molar-refractivity contribution is -0.135. The number of sulfone groups is 2. The van der Waals surface area contributed by atoms with Crippen LogP contribution < -0.4 is 9.80 Å². The van der Waals surface area contributed by atoms with Gasteiger partial charge in [-0.15, -0.1) is 0 Å². The monoisotopic (exact) mass is 1370 g/mol. The third-order valence-corrected chi connectivity index (χ3v) is 22.6. The minimum atomic E-state index is -3.51. The molecule has 4 aromatic carbocycles. The van der Waals surface area contributed by atoms with Crippen LogP contribution in [0.25, 0.3) is 22.1 Å². The molecule has 0 radical (unpaired) electrons. The highest BCUT2D eigenvalue weighted by Crippen LogP contribution is 2.46. The average molecular weight is 1370 g/mol.